The van der Waals surface area contributed by atoms with Crippen molar-refractivity contribution in [2.24, 2.45) is 0 Å². The third-order valence-corrected chi connectivity index (χ3v) is 6.13. The summed E-state index contributed by atoms with van der Waals surface area (Å²) in [6.07, 6.45) is 0. The number of ether oxygens (including phenoxy) is 1. The molecule has 4 rings (SSSR count). The summed E-state index contributed by atoms with van der Waals surface area (Å²) in [6.45, 7) is -1.77. The summed E-state index contributed by atoms with van der Waals surface area (Å²) in [5.74, 6) is 0.965. The minimum atomic E-state index is -2.86. The molecule has 0 amide bonds. The van der Waals surface area contributed by atoms with E-state index >= 15 is 0 Å². The van der Waals surface area contributed by atoms with E-state index in [4.69, 9.17) is 0 Å². The number of rotatable bonds is 4. The van der Waals surface area contributed by atoms with E-state index in [1.54, 1.807) is 23.9 Å². The van der Waals surface area contributed by atoms with Gasteiger partial charge in [-0.2, -0.15) is 8.78 Å². The lowest BCUT2D eigenvalue weighted by molar-refractivity contribution is -0.650. The largest absolute Gasteiger partial charge is 0.435 e. The van der Waals surface area contributed by atoms with Crippen LogP contribution in [0.25, 0.3) is 0 Å². The summed E-state index contributed by atoms with van der Waals surface area (Å²) in [7, 11) is 0. The average molecular weight is 442 g/mol. The predicted molar refractivity (Wildman–Crippen MR) is 101 cm³/mol. The van der Waals surface area contributed by atoms with Crippen molar-refractivity contribution in [1.82, 2.24) is 0 Å². The molecule has 0 spiro atoms. The monoisotopic (exact) mass is 441 g/mol. The van der Waals surface area contributed by atoms with Crippen LogP contribution >= 0.6 is 27.7 Å². The molecule has 1 atom stereocenters. The molecule has 4 nitrogen and oxygen atoms in total. The molecule has 0 aliphatic carbocycles. The molecule has 26 heavy (non-hydrogen) atoms. The van der Waals surface area contributed by atoms with E-state index in [1.807, 2.05) is 28.8 Å². The highest BCUT2D eigenvalue weighted by atomic mass is 79.9. The van der Waals surface area contributed by atoms with Crippen LogP contribution in [0.1, 0.15) is 5.56 Å². The molecule has 1 N–H and O–H groups in total. The SMILES string of the molecule is O[C@@]1(c2ccc(OC(F)F)cc2)CN(c2ccc(Br)cc2)C2=[N+]1CCS2. The Labute approximate surface area is 162 Å². The first-order valence-electron chi connectivity index (χ1n) is 8.05. The lowest BCUT2D eigenvalue weighted by Crippen LogP contribution is -2.41. The molecule has 8 heteroatoms. The van der Waals surface area contributed by atoms with E-state index in [1.165, 1.54) is 12.1 Å². The summed E-state index contributed by atoms with van der Waals surface area (Å²) in [5, 5.41) is 12.4. The van der Waals surface area contributed by atoms with Crippen LogP contribution in [0.2, 0.25) is 0 Å². The zero-order chi connectivity index (χ0) is 18.3. The lowest BCUT2D eigenvalue weighted by Gasteiger charge is -2.23. The Hall–Kier alpha value is -1.64. The van der Waals surface area contributed by atoms with Crippen LogP contribution in [0.3, 0.4) is 0 Å². The Morgan fingerprint density at radius 2 is 1.85 bits per heavy atom. The molecule has 2 aromatic carbocycles. The van der Waals surface area contributed by atoms with E-state index in [2.05, 4.69) is 25.6 Å². The number of halogens is 3. The van der Waals surface area contributed by atoms with Crippen LogP contribution in [0.15, 0.2) is 53.0 Å². The van der Waals surface area contributed by atoms with Gasteiger partial charge in [-0.1, -0.05) is 15.9 Å². The Morgan fingerprint density at radius 3 is 2.50 bits per heavy atom. The number of hydrogen-bond acceptors (Lipinski definition) is 4. The molecule has 0 radical (unpaired) electrons. The van der Waals surface area contributed by atoms with Crippen LogP contribution in [0.4, 0.5) is 14.5 Å². The zero-order valence-electron chi connectivity index (χ0n) is 13.6. The predicted octanol–water partition coefficient (Wildman–Crippen LogP) is 3.83. The van der Waals surface area contributed by atoms with E-state index in [9.17, 15) is 13.9 Å². The smallest absolute Gasteiger partial charge is 0.387 e. The van der Waals surface area contributed by atoms with Gasteiger partial charge in [-0.25, -0.2) is 9.48 Å². The first-order valence-corrected chi connectivity index (χ1v) is 9.83. The highest BCUT2D eigenvalue weighted by Crippen LogP contribution is 2.38. The van der Waals surface area contributed by atoms with Gasteiger partial charge in [0.2, 0.25) is 0 Å². The lowest BCUT2D eigenvalue weighted by atomic mass is 10.0. The molecule has 2 aliphatic rings. The van der Waals surface area contributed by atoms with Gasteiger partial charge in [0, 0.05) is 15.8 Å². The van der Waals surface area contributed by atoms with Gasteiger partial charge in [0.15, 0.2) is 6.54 Å². The maximum absolute atomic E-state index is 12.3. The number of thioether (sulfide) groups is 1. The van der Waals surface area contributed by atoms with Crippen molar-refractivity contribution in [2.75, 3.05) is 23.7 Å². The normalized spacial score (nSPS) is 22.3. The van der Waals surface area contributed by atoms with Crippen LogP contribution < -0.4 is 9.64 Å². The molecule has 2 heterocycles. The van der Waals surface area contributed by atoms with Crippen LogP contribution in [0, 0.1) is 0 Å². The van der Waals surface area contributed by atoms with Crippen LogP contribution in [-0.2, 0) is 5.72 Å². The van der Waals surface area contributed by atoms with Crippen molar-refractivity contribution in [1.29, 1.82) is 0 Å². The Balaban J connectivity index is 1.67. The van der Waals surface area contributed by atoms with Crippen molar-refractivity contribution in [3.63, 3.8) is 0 Å². The molecule has 0 unspecified atom stereocenters. The molecule has 136 valence electrons. The van der Waals surface area contributed by atoms with E-state index in [-0.39, 0.29) is 5.75 Å². The number of β-amino-alcohol motifs (C(OH)–C–C–N with tert-alkyl or cyclic N) is 1. The number of amidine groups is 1. The van der Waals surface area contributed by atoms with Gasteiger partial charge in [0.1, 0.15) is 11.4 Å². The van der Waals surface area contributed by atoms with Gasteiger partial charge in [-0.3, -0.25) is 0 Å². The minimum Gasteiger partial charge on any atom is -0.435 e. The van der Waals surface area contributed by atoms with Crippen LogP contribution in [-0.4, -0.2) is 40.3 Å². The first-order chi connectivity index (χ1) is 12.5. The average Bonchev–Trinajstić information content (AvgIpc) is 3.20. The summed E-state index contributed by atoms with van der Waals surface area (Å²) in [6, 6.07) is 14.1. The van der Waals surface area contributed by atoms with E-state index in [0.717, 1.165) is 27.6 Å². The fraction of sp³-hybridized carbons (Fsp3) is 0.278. The van der Waals surface area contributed by atoms with Crippen molar-refractivity contribution in [2.45, 2.75) is 12.3 Å². The third kappa shape index (κ3) is 3.10. The number of hydrogen-bond donors (Lipinski definition) is 1. The quantitative estimate of drug-likeness (QED) is 0.731. The highest BCUT2D eigenvalue weighted by Gasteiger charge is 2.54. The standard InChI is InChI=1S/C18H16BrF2N2O2S/c19-13-3-5-14(6-4-13)22-11-18(24,23-9-10-26-17(22)23)12-1-7-15(8-2-12)25-16(20)21/h1-8,16,24H,9-11H2/q+1/t18-/m1/s1. The van der Waals surface area contributed by atoms with Gasteiger partial charge in [-0.05, 0) is 60.3 Å². The fourth-order valence-corrected chi connectivity index (χ4v) is 4.76. The topological polar surface area (TPSA) is 35.7 Å². The Bertz CT molecular complexity index is 845. The molecule has 0 saturated heterocycles. The summed E-state index contributed by atoms with van der Waals surface area (Å²) >= 11 is 5.14. The van der Waals surface area contributed by atoms with Crippen molar-refractivity contribution in [3.05, 3.63) is 58.6 Å². The minimum absolute atomic E-state index is 0.0788. The van der Waals surface area contributed by atoms with Crippen molar-refractivity contribution < 1.29 is 23.2 Å². The maximum Gasteiger partial charge on any atom is 0.387 e. The molecule has 2 aliphatic heterocycles. The number of nitrogens with zero attached hydrogens (tertiary/aromatic N) is 2. The van der Waals surface area contributed by atoms with Crippen LogP contribution in [0.5, 0.6) is 5.75 Å². The van der Waals surface area contributed by atoms with Gasteiger partial charge < -0.3 is 9.84 Å². The van der Waals surface area contributed by atoms with Gasteiger partial charge in [0.25, 0.3) is 5.72 Å². The Morgan fingerprint density at radius 1 is 1.15 bits per heavy atom. The van der Waals surface area contributed by atoms with Gasteiger partial charge in [-0.15, -0.1) is 0 Å². The van der Waals surface area contributed by atoms with Gasteiger partial charge in [0.05, 0.1) is 6.54 Å². The molecule has 2 aromatic rings. The van der Waals surface area contributed by atoms with E-state index < -0.39 is 12.3 Å². The first kappa shape index (κ1) is 17.8. The fourth-order valence-electron chi connectivity index (χ4n) is 3.32. The van der Waals surface area contributed by atoms with Gasteiger partial charge >= 0.3 is 11.8 Å². The second kappa shape index (κ2) is 6.83. The second-order valence-corrected chi connectivity index (χ2v) is 8.04. The maximum atomic E-state index is 12.3. The molecule has 0 aromatic heterocycles. The summed E-state index contributed by atoms with van der Waals surface area (Å²) in [4.78, 5) is 2.09. The van der Waals surface area contributed by atoms with Crippen molar-refractivity contribution in [3.8, 4) is 5.75 Å². The highest BCUT2D eigenvalue weighted by molar-refractivity contribution is 9.10. The molecule has 0 saturated carbocycles. The summed E-state index contributed by atoms with van der Waals surface area (Å²) in [5.41, 5.74) is 0.435. The van der Waals surface area contributed by atoms with Crippen molar-refractivity contribution >= 4 is 38.5 Å². The third-order valence-electron chi connectivity index (χ3n) is 4.51. The number of anilines is 1. The van der Waals surface area contributed by atoms with E-state index in [0.29, 0.717) is 12.1 Å². The molecular weight excluding hydrogens is 426 g/mol. The molecule has 0 fully saturated rings. The molecular formula is C18H16BrF2N2O2S+. The number of benzene rings is 2. The second-order valence-electron chi connectivity index (χ2n) is 6.06. The molecule has 0 bridgehead atoms. The zero-order valence-corrected chi connectivity index (χ0v) is 16.0. The number of aliphatic hydroxyl groups is 1. The summed E-state index contributed by atoms with van der Waals surface area (Å²) < 4.78 is 32.1. The Kier molecular flexibility index (Phi) is 4.66. The number of alkyl halides is 2.